The summed E-state index contributed by atoms with van der Waals surface area (Å²) in [4.78, 5) is 32.7. The molecule has 9 heteroatoms. The highest BCUT2D eigenvalue weighted by molar-refractivity contribution is 7.96. The van der Waals surface area contributed by atoms with E-state index in [1.165, 1.54) is 0 Å². The first-order chi connectivity index (χ1) is 10.5. The summed E-state index contributed by atoms with van der Waals surface area (Å²) in [6.45, 7) is 0.0919. The van der Waals surface area contributed by atoms with Crippen LogP contribution in [0.5, 0.6) is 0 Å². The van der Waals surface area contributed by atoms with Gasteiger partial charge in [-0.2, -0.15) is 0 Å². The lowest BCUT2D eigenvalue weighted by atomic mass is 10.2. The Kier molecular flexibility index (Phi) is 7.79. The van der Waals surface area contributed by atoms with Crippen LogP contribution in [-0.4, -0.2) is 34.3 Å². The Hall–Kier alpha value is -2.26. The van der Waals surface area contributed by atoms with E-state index in [9.17, 15) is 14.4 Å². The van der Waals surface area contributed by atoms with Crippen molar-refractivity contribution in [3.63, 3.8) is 0 Å². The topological polar surface area (TPSA) is 125 Å². The third-order valence-electron chi connectivity index (χ3n) is 2.49. The molecule has 0 radical (unpaired) electrons. The number of amides is 1. The molecule has 1 aromatic rings. The number of benzene rings is 1. The lowest BCUT2D eigenvalue weighted by Crippen LogP contribution is -2.35. The number of carboxylic acid groups (broad SMARTS) is 2. The quantitative estimate of drug-likeness (QED) is 0.501. The van der Waals surface area contributed by atoms with Gasteiger partial charge in [0.05, 0.1) is 0 Å². The van der Waals surface area contributed by atoms with E-state index in [0.29, 0.717) is 12.1 Å². The molecule has 0 aliphatic rings. The average molecular weight is 328 g/mol. The van der Waals surface area contributed by atoms with Gasteiger partial charge in [-0.15, -0.1) is 0 Å². The number of carbonyl (C=O) groups excluding carboxylic acids is 1. The van der Waals surface area contributed by atoms with Crippen molar-refractivity contribution in [1.82, 2.24) is 9.44 Å². The summed E-state index contributed by atoms with van der Waals surface area (Å²) in [6, 6.07) is 7.97. The number of hydrogen-bond donors (Lipinski definition) is 4. The standard InChI is InChI=1S/C13H16N2O6S/c16-11(17)7-6-10(12(18)19)14-22-15-13(20)21-8-9-4-2-1-3-5-9/h1-5,10,14H,6-8H2,(H,15,20)(H,16,17)(H,18,19). The van der Waals surface area contributed by atoms with E-state index < -0.39 is 24.1 Å². The third-order valence-corrected chi connectivity index (χ3v) is 3.16. The largest absolute Gasteiger partial charge is 0.481 e. The van der Waals surface area contributed by atoms with Gasteiger partial charge in [0.1, 0.15) is 12.6 Å². The molecule has 8 nitrogen and oxygen atoms in total. The molecule has 1 aromatic carbocycles. The minimum atomic E-state index is -1.20. The fourth-order valence-corrected chi connectivity index (χ4v) is 1.96. The van der Waals surface area contributed by atoms with Crippen molar-refractivity contribution in [1.29, 1.82) is 0 Å². The molecule has 0 aromatic heterocycles. The summed E-state index contributed by atoms with van der Waals surface area (Å²) >= 11 is 0.636. The Balaban J connectivity index is 2.24. The Morgan fingerprint density at radius 2 is 1.86 bits per heavy atom. The van der Waals surface area contributed by atoms with Crippen LogP contribution in [0.2, 0.25) is 0 Å². The average Bonchev–Trinajstić information content (AvgIpc) is 2.49. The van der Waals surface area contributed by atoms with Crippen LogP contribution in [-0.2, 0) is 20.9 Å². The number of carboxylic acids is 2. The van der Waals surface area contributed by atoms with Gasteiger partial charge in [0, 0.05) is 18.6 Å². The van der Waals surface area contributed by atoms with Crippen LogP contribution in [0.25, 0.3) is 0 Å². The maximum absolute atomic E-state index is 11.4. The minimum absolute atomic E-state index is 0.0919. The second-order valence-electron chi connectivity index (χ2n) is 4.21. The predicted molar refractivity (Wildman–Crippen MR) is 78.8 cm³/mol. The van der Waals surface area contributed by atoms with E-state index in [4.69, 9.17) is 14.9 Å². The monoisotopic (exact) mass is 328 g/mol. The molecule has 22 heavy (non-hydrogen) atoms. The highest BCUT2D eigenvalue weighted by Gasteiger charge is 2.18. The fraction of sp³-hybridized carbons (Fsp3) is 0.308. The lowest BCUT2D eigenvalue weighted by molar-refractivity contribution is -0.140. The van der Waals surface area contributed by atoms with Gasteiger partial charge in [0.2, 0.25) is 0 Å². The molecular weight excluding hydrogens is 312 g/mol. The molecule has 0 heterocycles. The van der Waals surface area contributed by atoms with Gasteiger partial charge >= 0.3 is 18.0 Å². The van der Waals surface area contributed by atoms with Gasteiger partial charge in [0.25, 0.3) is 0 Å². The van der Waals surface area contributed by atoms with Crippen molar-refractivity contribution in [2.75, 3.05) is 0 Å². The van der Waals surface area contributed by atoms with Crippen LogP contribution in [0.15, 0.2) is 30.3 Å². The number of hydrogen-bond acceptors (Lipinski definition) is 6. The lowest BCUT2D eigenvalue weighted by Gasteiger charge is -2.12. The van der Waals surface area contributed by atoms with Gasteiger partial charge in [-0.3, -0.25) is 14.3 Å². The second kappa shape index (κ2) is 9.64. The van der Waals surface area contributed by atoms with Crippen molar-refractivity contribution >= 4 is 30.2 Å². The first kappa shape index (κ1) is 17.8. The summed E-state index contributed by atoms with van der Waals surface area (Å²) < 4.78 is 9.62. The summed E-state index contributed by atoms with van der Waals surface area (Å²) in [6.07, 6.45) is -1.12. The molecule has 0 aliphatic heterocycles. The number of aliphatic carboxylic acids is 2. The van der Waals surface area contributed by atoms with E-state index >= 15 is 0 Å². The first-order valence-corrected chi connectivity index (χ1v) is 7.13. The van der Waals surface area contributed by atoms with Crippen molar-refractivity contribution in [3.05, 3.63) is 35.9 Å². The van der Waals surface area contributed by atoms with Crippen LogP contribution in [0.3, 0.4) is 0 Å². The maximum Gasteiger partial charge on any atom is 0.418 e. The number of carbonyl (C=O) groups is 3. The van der Waals surface area contributed by atoms with Gasteiger partial charge in [-0.1, -0.05) is 30.3 Å². The van der Waals surface area contributed by atoms with Crippen molar-refractivity contribution in [3.8, 4) is 0 Å². The maximum atomic E-state index is 11.4. The third kappa shape index (κ3) is 7.50. The summed E-state index contributed by atoms with van der Waals surface area (Å²) in [5.74, 6) is -2.29. The van der Waals surface area contributed by atoms with Crippen LogP contribution in [0.4, 0.5) is 4.79 Å². The van der Waals surface area contributed by atoms with E-state index in [2.05, 4.69) is 9.44 Å². The van der Waals surface area contributed by atoms with E-state index in [1.54, 1.807) is 12.1 Å². The van der Waals surface area contributed by atoms with Crippen LogP contribution in [0.1, 0.15) is 18.4 Å². The van der Waals surface area contributed by atoms with E-state index in [0.717, 1.165) is 5.56 Å². The minimum Gasteiger partial charge on any atom is -0.481 e. The Bertz CT molecular complexity index is 511. The molecule has 1 rings (SSSR count). The van der Waals surface area contributed by atoms with Gasteiger partial charge in [0.15, 0.2) is 0 Å². The SMILES string of the molecule is O=C(O)CCC(NSNC(=O)OCc1ccccc1)C(=O)O. The molecule has 0 saturated carbocycles. The molecule has 0 aliphatic carbocycles. The fourth-order valence-electron chi connectivity index (χ4n) is 1.40. The molecule has 120 valence electrons. The highest BCUT2D eigenvalue weighted by Crippen LogP contribution is 2.04. The molecular formula is C13H16N2O6S. The molecule has 1 atom stereocenters. The zero-order valence-corrected chi connectivity index (χ0v) is 12.3. The normalized spacial score (nSPS) is 11.5. The zero-order valence-electron chi connectivity index (χ0n) is 11.5. The van der Waals surface area contributed by atoms with Gasteiger partial charge in [-0.05, 0) is 12.0 Å². The van der Waals surface area contributed by atoms with Crippen LogP contribution in [0, 0.1) is 0 Å². The van der Waals surface area contributed by atoms with Crippen LogP contribution >= 0.6 is 12.1 Å². The molecule has 0 saturated heterocycles. The molecule has 1 unspecified atom stereocenters. The van der Waals surface area contributed by atoms with E-state index in [1.807, 2.05) is 18.2 Å². The molecule has 4 N–H and O–H groups in total. The number of rotatable bonds is 9. The van der Waals surface area contributed by atoms with Gasteiger partial charge < -0.3 is 14.9 Å². The predicted octanol–water partition coefficient (Wildman–Crippen LogP) is 1.38. The molecule has 0 fully saturated rings. The van der Waals surface area contributed by atoms with Crippen LogP contribution < -0.4 is 9.44 Å². The first-order valence-electron chi connectivity index (χ1n) is 6.31. The summed E-state index contributed by atoms with van der Waals surface area (Å²) in [5, 5.41) is 17.4. The molecule has 0 bridgehead atoms. The zero-order chi connectivity index (χ0) is 16.4. The smallest absolute Gasteiger partial charge is 0.418 e. The Labute approximate surface area is 131 Å². The van der Waals surface area contributed by atoms with Crippen molar-refractivity contribution < 1.29 is 29.3 Å². The summed E-state index contributed by atoms with van der Waals surface area (Å²) in [7, 11) is 0. The Morgan fingerprint density at radius 1 is 1.18 bits per heavy atom. The second-order valence-corrected chi connectivity index (χ2v) is 4.85. The Morgan fingerprint density at radius 3 is 2.45 bits per heavy atom. The van der Waals surface area contributed by atoms with Crippen molar-refractivity contribution in [2.24, 2.45) is 0 Å². The van der Waals surface area contributed by atoms with E-state index in [-0.39, 0.29) is 19.4 Å². The number of nitrogens with one attached hydrogen (secondary N) is 2. The summed E-state index contributed by atoms with van der Waals surface area (Å²) in [5.41, 5.74) is 0.820. The molecule has 1 amide bonds. The van der Waals surface area contributed by atoms with Crippen molar-refractivity contribution in [2.45, 2.75) is 25.5 Å². The number of ether oxygens (including phenoxy) is 1. The van der Waals surface area contributed by atoms with Gasteiger partial charge in [-0.25, -0.2) is 9.52 Å². The highest BCUT2D eigenvalue weighted by atomic mass is 32.2. The molecule has 0 spiro atoms.